The molecule has 0 heterocycles. The molecule has 4 nitrogen and oxygen atoms in total. The summed E-state index contributed by atoms with van der Waals surface area (Å²) in [5, 5.41) is 18.4. The van der Waals surface area contributed by atoms with Gasteiger partial charge in [-0.2, -0.15) is 0 Å². The van der Waals surface area contributed by atoms with Gasteiger partial charge in [0.25, 0.3) is 0 Å². The molecule has 0 bridgehead atoms. The second kappa shape index (κ2) is 5.79. The second-order valence-corrected chi connectivity index (χ2v) is 4.43. The standard InChI is InChI=1S/C14H10ClFO4/c15-11-5-10(14(18)19)12(17)6-13(11)20-7-8-1-3-9(16)4-2-8/h1-6,17H,7H2,(H,18,19). The van der Waals surface area contributed by atoms with Crippen LogP contribution in [0.1, 0.15) is 15.9 Å². The van der Waals surface area contributed by atoms with E-state index in [9.17, 15) is 14.3 Å². The van der Waals surface area contributed by atoms with Crippen LogP contribution in [0.15, 0.2) is 36.4 Å². The zero-order valence-corrected chi connectivity index (χ0v) is 10.9. The van der Waals surface area contributed by atoms with Gasteiger partial charge in [0.15, 0.2) is 0 Å². The summed E-state index contributed by atoms with van der Waals surface area (Å²) in [6.45, 7) is 0.117. The maximum atomic E-state index is 12.7. The number of halogens is 2. The van der Waals surface area contributed by atoms with Crippen molar-refractivity contribution in [2.75, 3.05) is 0 Å². The molecule has 2 aromatic carbocycles. The van der Waals surface area contributed by atoms with E-state index in [1.165, 1.54) is 12.1 Å². The number of hydrogen-bond donors (Lipinski definition) is 2. The summed E-state index contributed by atoms with van der Waals surface area (Å²) < 4.78 is 18.1. The number of carbonyl (C=O) groups is 1. The fourth-order valence-electron chi connectivity index (χ4n) is 1.57. The Morgan fingerprint density at radius 2 is 1.90 bits per heavy atom. The highest BCUT2D eigenvalue weighted by Crippen LogP contribution is 2.32. The van der Waals surface area contributed by atoms with Crippen LogP contribution in [-0.2, 0) is 6.61 Å². The second-order valence-electron chi connectivity index (χ2n) is 4.02. The van der Waals surface area contributed by atoms with Crippen LogP contribution in [0.4, 0.5) is 4.39 Å². The quantitative estimate of drug-likeness (QED) is 0.906. The highest BCUT2D eigenvalue weighted by molar-refractivity contribution is 6.32. The van der Waals surface area contributed by atoms with Gasteiger partial charge in [0.05, 0.1) is 5.02 Å². The predicted octanol–water partition coefficient (Wildman–Crippen LogP) is 3.46. The first-order chi connectivity index (χ1) is 9.47. The van der Waals surface area contributed by atoms with Crippen LogP contribution in [0.5, 0.6) is 11.5 Å². The Morgan fingerprint density at radius 3 is 2.50 bits per heavy atom. The Kier molecular flexibility index (Phi) is 4.10. The molecular weight excluding hydrogens is 287 g/mol. The van der Waals surface area contributed by atoms with E-state index in [4.69, 9.17) is 21.4 Å². The Hall–Kier alpha value is -2.27. The Morgan fingerprint density at radius 1 is 1.25 bits per heavy atom. The van der Waals surface area contributed by atoms with Crippen LogP contribution < -0.4 is 4.74 Å². The van der Waals surface area contributed by atoms with Crippen LogP contribution >= 0.6 is 11.6 Å². The molecule has 2 N–H and O–H groups in total. The fourth-order valence-corrected chi connectivity index (χ4v) is 1.78. The summed E-state index contributed by atoms with van der Waals surface area (Å²) in [7, 11) is 0. The monoisotopic (exact) mass is 296 g/mol. The molecule has 0 atom stereocenters. The first-order valence-corrected chi connectivity index (χ1v) is 5.98. The zero-order chi connectivity index (χ0) is 14.7. The average molecular weight is 297 g/mol. The van der Waals surface area contributed by atoms with Gasteiger partial charge in [0.2, 0.25) is 0 Å². The van der Waals surface area contributed by atoms with E-state index >= 15 is 0 Å². The lowest BCUT2D eigenvalue weighted by atomic mass is 10.2. The van der Waals surface area contributed by atoms with Crippen molar-refractivity contribution in [3.63, 3.8) is 0 Å². The molecule has 6 heteroatoms. The van der Waals surface area contributed by atoms with Crippen molar-refractivity contribution >= 4 is 17.6 Å². The number of aromatic hydroxyl groups is 1. The molecule has 0 amide bonds. The normalized spacial score (nSPS) is 10.3. The Labute approximate surface area is 119 Å². The third kappa shape index (κ3) is 3.19. The van der Waals surface area contributed by atoms with Gasteiger partial charge in [-0.3, -0.25) is 0 Å². The summed E-state index contributed by atoms with van der Waals surface area (Å²) in [5.41, 5.74) is 0.411. The van der Waals surface area contributed by atoms with Gasteiger partial charge in [0.1, 0.15) is 29.5 Å². The maximum absolute atomic E-state index is 12.7. The van der Waals surface area contributed by atoms with Crippen molar-refractivity contribution in [2.45, 2.75) is 6.61 Å². The van der Waals surface area contributed by atoms with Gasteiger partial charge in [-0.1, -0.05) is 23.7 Å². The summed E-state index contributed by atoms with van der Waals surface area (Å²) >= 11 is 5.88. The molecule has 0 unspecified atom stereocenters. The van der Waals surface area contributed by atoms with E-state index in [1.54, 1.807) is 12.1 Å². The highest BCUT2D eigenvalue weighted by Gasteiger charge is 2.14. The van der Waals surface area contributed by atoms with Crippen LogP contribution in [0.2, 0.25) is 5.02 Å². The van der Waals surface area contributed by atoms with Crippen molar-refractivity contribution < 1.29 is 24.1 Å². The first kappa shape index (κ1) is 14.1. The molecule has 0 spiro atoms. The van der Waals surface area contributed by atoms with E-state index in [-0.39, 0.29) is 28.8 Å². The van der Waals surface area contributed by atoms with Crippen LogP contribution in [0.25, 0.3) is 0 Å². The average Bonchev–Trinajstić information content (AvgIpc) is 2.41. The van der Waals surface area contributed by atoms with Crippen LogP contribution in [0.3, 0.4) is 0 Å². The van der Waals surface area contributed by atoms with Crippen molar-refractivity contribution in [2.24, 2.45) is 0 Å². The Balaban J connectivity index is 2.16. The lowest BCUT2D eigenvalue weighted by Gasteiger charge is -2.10. The number of hydrogen-bond acceptors (Lipinski definition) is 3. The molecule has 0 fully saturated rings. The molecule has 0 aliphatic heterocycles. The molecule has 0 aliphatic rings. The molecule has 2 rings (SSSR count). The smallest absolute Gasteiger partial charge is 0.339 e. The number of aromatic carboxylic acids is 1. The van der Waals surface area contributed by atoms with Crippen molar-refractivity contribution in [3.05, 3.63) is 58.4 Å². The number of carboxylic acids is 1. The SMILES string of the molecule is O=C(O)c1cc(Cl)c(OCc2ccc(F)cc2)cc1O. The molecule has 0 radical (unpaired) electrons. The largest absolute Gasteiger partial charge is 0.507 e. The predicted molar refractivity (Wildman–Crippen MR) is 70.8 cm³/mol. The minimum absolute atomic E-state index is 0.0716. The molecule has 104 valence electrons. The number of phenols is 1. The topological polar surface area (TPSA) is 66.8 Å². The number of carboxylic acid groups (broad SMARTS) is 1. The van der Waals surface area contributed by atoms with Crippen LogP contribution in [-0.4, -0.2) is 16.2 Å². The molecule has 0 saturated carbocycles. The fraction of sp³-hybridized carbons (Fsp3) is 0.0714. The number of rotatable bonds is 4. The maximum Gasteiger partial charge on any atom is 0.339 e. The highest BCUT2D eigenvalue weighted by atomic mass is 35.5. The van der Waals surface area contributed by atoms with E-state index in [0.717, 1.165) is 12.1 Å². The first-order valence-electron chi connectivity index (χ1n) is 5.60. The van der Waals surface area contributed by atoms with Gasteiger partial charge in [-0.05, 0) is 23.8 Å². The molecule has 0 aromatic heterocycles. The summed E-state index contributed by atoms with van der Waals surface area (Å²) in [6.07, 6.45) is 0. The molecular formula is C14H10ClFO4. The van der Waals surface area contributed by atoms with Crippen molar-refractivity contribution in [1.29, 1.82) is 0 Å². The van der Waals surface area contributed by atoms with Gasteiger partial charge >= 0.3 is 5.97 Å². The lowest BCUT2D eigenvalue weighted by molar-refractivity contribution is 0.0693. The van der Waals surface area contributed by atoms with Gasteiger partial charge in [0, 0.05) is 6.07 Å². The Bertz CT molecular complexity index is 640. The van der Waals surface area contributed by atoms with E-state index in [0.29, 0.717) is 5.56 Å². The summed E-state index contributed by atoms with van der Waals surface area (Å²) in [4.78, 5) is 10.8. The third-order valence-corrected chi connectivity index (χ3v) is 2.88. The molecule has 0 saturated heterocycles. The van der Waals surface area contributed by atoms with Gasteiger partial charge in [-0.15, -0.1) is 0 Å². The minimum Gasteiger partial charge on any atom is -0.507 e. The van der Waals surface area contributed by atoms with Crippen molar-refractivity contribution in [3.8, 4) is 11.5 Å². The molecule has 20 heavy (non-hydrogen) atoms. The number of ether oxygens (including phenoxy) is 1. The lowest BCUT2D eigenvalue weighted by Crippen LogP contribution is -2.00. The van der Waals surface area contributed by atoms with E-state index in [1.807, 2.05) is 0 Å². The molecule has 2 aromatic rings. The van der Waals surface area contributed by atoms with Gasteiger partial charge in [-0.25, -0.2) is 9.18 Å². The van der Waals surface area contributed by atoms with Crippen LogP contribution in [0, 0.1) is 5.82 Å². The van der Waals surface area contributed by atoms with E-state index < -0.39 is 11.7 Å². The summed E-state index contributed by atoms with van der Waals surface area (Å²) in [6, 6.07) is 7.94. The zero-order valence-electron chi connectivity index (χ0n) is 10.1. The number of benzene rings is 2. The van der Waals surface area contributed by atoms with Gasteiger partial charge < -0.3 is 14.9 Å². The third-order valence-electron chi connectivity index (χ3n) is 2.59. The van der Waals surface area contributed by atoms with Crippen molar-refractivity contribution in [1.82, 2.24) is 0 Å². The van der Waals surface area contributed by atoms with E-state index in [2.05, 4.69) is 0 Å². The minimum atomic E-state index is -1.28. The summed E-state index contributed by atoms with van der Waals surface area (Å²) in [5.74, 6) is -1.92. The molecule has 0 aliphatic carbocycles.